The summed E-state index contributed by atoms with van der Waals surface area (Å²) in [5.41, 5.74) is 4.11. The lowest BCUT2D eigenvalue weighted by molar-refractivity contribution is -0.385. The molecule has 1 aliphatic heterocycles. The Morgan fingerprint density at radius 3 is 2.50 bits per heavy atom. The number of H-pyrrole nitrogens is 1. The van der Waals surface area contributed by atoms with Gasteiger partial charge in [-0.1, -0.05) is 63.2 Å². The number of nitrogens with zero attached hydrogens (tertiary/aromatic N) is 4. The number of pyridine rings is 1. The molecular weight excluding hydrogens is 813 g/mol. The molecule has 3 heterocycles. The average molecular weight is 870 g/mol. The number of piperazine rings is 1. The largest absolute Gasteiger partial charge is 0.455 e. The van der Waals surface area contributed by atoms with Crippen molar-refractivity contribution in [2.24, 2.45) is 22.2 Å². The molecule has 0 atom stereocenters. The lowest BCUT2D eigenvalue weighted by Gasteiger charge is -2.72. The molecule has 62 heavy (non-hydrogen) atoms. The second-order valence-electron chi connectivity index (χ2n) is 19.8. The number of benzene rings is 2. The summed E-state index contributed by atoms with van der Waals surface area (Å²) in [4.78, 5) is 37.6. The summed E-state index contributed by atoms with van der Waals surface area (Å²) in [6.45, 7) is 8.45. The van der Waals surface area contributed by atoms with Crippen molar-refractivity contribution in [2.45, 2.75) is 109 Å². The van der Waals surface area contributed by atoms with Crippen molar-refractivity contribution in [3.05, 3.63) is 93.3 Å². The van der Waals surface area contributed by atoms with E-state index >= 15 is 0 Å². The minimum atomic E-state index is -4.28. The van der Waals surface area contributed by atoms with Gasteiger partial charge in [0, 0.05) is 73.1 Å². The van der Waals surface area contributed by atoms with Crippen LogP contribution in [0.5, 0.6) is 11.5 Å². The standard InChI is InChI=1S/C48H57F2N5O6S/c1-46(2)16-14-35(40(25-46)47-29-48(30-47,31-47)45(49)50)27-53-18-20-54(21-19-53)36-11-13-39(43(23-36)61-37-22-34-15-17-51-44(34)52-26-37)42(56)28-62(59,60)38-12-10-33(41(24-38)55(57)58)9-8-32-6-4-3-5-7-32/h10-13,15,17,22-24,26,32,45H,3-9,14,16,18-21,25,27-31H2,1-2H3,(H,51,52). The van der Waals surface area contributed by atoms with Crippen molar-refractivity contribution in [1.82, 2.24) is 14.9 Å². The van der Waals surface area contributed by atoms with Gasteiger partial charge < -0.3 is 14.6 Å². The molecule has 0 spiro atoms. The van der Waals surface area contributed by atoms with Crippen LogP contribution >= 0.6 is 0 Å². The van der Waals surface area contributed by atoms with Gasteiger partial charge in [0.15, 0.2) is 15.6 Å². The number of alkyl halides is 2. The highest BCUT2D eigenvalue weighted by Gasteiger charge is 2.73. The molecule has 10 rings (SSSR count). The van der Waals surface area contributed by atoms with Crippen LogP contribution in [0.25, 0.3) is 11.0 Å². The summed E-state index contributed by atoms with van der Waals surface area (Å²) in [5, 5.41) is 13.0. The highest BCUT2D eigenvalue weighted by atomic mass is 32.2. The Bertz CT molecular complexity index is 2500. The number of Topliss-reactive ketones (excluding diaryl/α,β-unsaturated/α-hetero) is 1. The molecule has 2 aromatic carbocycles. The number of anilines is 1. The number of fused-ring (bicyclic) bond motifs is 1. The van der Waals surface area contributed by atoms with E-state index in [4.69, 9.17) is 4.74 Å². The van der Waals surface area contributed by atoms with Crippen LogP contribution in [-0.2, 0) is 16.3 Å². The highest BCUT2D eigenvalue weighted by Crippen LogP contribution is 2.79. The molecule has 0 radical (unpaired) electrons. The maximum absolute atomic E-state index is 14.0. The van der Waals surface area contributed by atoms with Crippen molar-refractivity contribution < 1.29 is 31.7 Å². The number of aromatic amines is 1. The van der Waals surface area contributed by atoms with Crippen molar-refractivity contribution in [3.8, 4) is 11.5 Å². The third-order valence-electron chi connectivity index (χ3n) is 14.9. The van der Waals surface area contributed by atoms with Crippen molar-refractivity contribution in [1.29, 1.82) is 0 Å². The molecule has 4 aromatic rings. The monoisotopic (exact) mass is 869 g/mol. The molecule has 4 saturated carbocycles. The minimum absolute atomic E-state index is 0.0300. The smallest absolute Gasteiger partial charge is 0.273 e. The number of aromatic nitrogens is 2. The topological polar surface area (TPSA) is 139 Å². The van der Waals surface area contributed by atoms with E-state index in [0.29, 0.717) is 61.7 Å². The Balaban J connectivity index is 0.918. The Kier molecular flexibility index (Phi) is 11.3. The van der Waals surface area contributed by atoms with E-state index in [9.17, 15) is 32.1 Å². The molecule has 5 fully saturated rings. The Labute approximate surface area is 362 Å². The van der Waals surface area contributed by atoms with Gasteiger partial charge in [0.1, 0.15) is 22.9 Å². The van der Waals surface area contributed by atoms with E-state index in [-0.39, 0.29) is 32.7 Å². The van der Waals surface area contributed by atoms with E-state index in [0.717, 1.165) is 75.3 Å². The molecule has 14 heteroatoms. The summed E-state index contributed by atoms with van der Waals surface area (Å²) in [5.74, 6) is -0.518. The van der Waals surface area contributed by atoms with Crippen LogP contribution in [0.1, 0.15) is 107 Å². The fourth-order valence-corrected chi connectivity index (χ4v) is 12.6. The first-order valence-electron chi connectivity index (χ1n) is 22.4. The van der Waals surface area contributed by atoms with E-state index in [1.165, 1.54) is 42.5 Å². The highest BCUT2D eigenvalue weighted by molar-refractivity contribution is 7.92. The van der Waals surface area contributed by atoms with Crippen LogP contribution in [0, 0.1) is 32.3 Å². The van der Waals surface area contributed by atoms with Gasteiger partial charge >= 0.3 is 0 Å². The number of carbonyl (C=O) groups excluding carboxylic acids is 1. The molecule has 330 valence electrons. The van der Waals surface area contributed by atoms with E-state index in [1.54, 1.807) is 30.6 Å². The number of nitrogens with one attached hydrogen (secondary N) is 1. The number of rotatable bonds is 15. The van der Waals surface area contributed by atoms with Crippen molar-refractivity contribution in [3.63, 3.8) is 0 Å². The number of allylic oxidation sites excluding steroid dienone is 1. The van der Waals surface area contributed by atoms with Crippen LogP contribution < -0.4 is 9.64 Å². The number of nitro benzene ring substituents is 1. The molecular formula is C48H57F2N5O6S. The molecule has 11 nitrogen and oxygen atoms in total. The van der Waals surface area contributed by atoms with Gasteiger partial charge in [0.25, 0.3) is 5.69 Å². The zero-order chi connectivity index (χ0) is 43.4. The van der Waals surface area contributed by atoms with E-state index in [1.807, 2.05) is 12.1 Å². The van der Waals surface area contributed by atoms with Crippen LogP contribution in [0.2, 0.25) is 0 Å². The van der Waals surface area contributed by atoms with Gasteiger partial charge in [-0.2, -0.15) is 0 Å². The number of carbonyl (C=O) groups is 1. The first-order chi connectivity index (χ1) is 29.6. The quantitative estimate of drug-likeness (QED) is 0.0535. The maximum atomic E-state index is 14.0. The second-order valence-corrected chi connectivity index (χ2v) is 21.8. The Hall–Kier alpha value is -4.69. The SMILES string of the molecule is CC1(C)CCC(CN2CCN(c3ccc(C(=O)CS(=O)(=O)c4ccc(CCC5CCCCC5)c([N+](=O)[O-])c4)c(Oc4cnc5[nH]ccc5c4)c3)CC2)=C(C23CC(C(F)F)(C2)C3)C1. The van der Waals surface area contributed by atoms with E-state index < -0.39 is 38.1 Å². The van der Waals surface area contributed by atoms with E-state index in [2.05, 4.69) is 33.6 Å². The number of hydrogen-bond acceptors (Lipinski definition) is 9. The summed E-state index contributed by atoms with van der Waals surface area (Å²) in [6, 6.07) is 12.8. The number of sulfone groups is 1. The summed E-state index contributed by atoms with van der Waals surface area (Å²) in [6.07, 6.45) is 13.1. The Morgan fingerprint density at radius 2 is 1.77 bits per heavy atom. The van der Waals surface area contributed by atoms with Gasteiger partial charge in [0.2, 0.25) is 6.43 Å². The molecule has 6 aliphatic rings. The fourth-order valence-electron chi connectivity index (χ4n) is 11.3. The van der Waals surface area contributed by atoms with Gasteiger partial charge in [-0.05, 0) is 98.4 Å². The first-order valence-corrected chi connectivity index (χ1v) is 24.0. The number of aryl methyl sites for hydroxylation is 1. The molecule has 0 unspecified atom stereocenters. The number of halogens is 2. The third-order valence-corrected chi connectivity index (χ3v) is 16.5. The number of hydrogen-bond donors (Lipinski definition) is 1. The lowest BCUT2D eigenvalue weighted by atomic mass is 9.32. The van der Waals surface area contributed by atoms with Crippen molar-refractivity contribution >= 4 is 38.0 Å². The predicted molar refractivity (Wildman–Crippen MR) is 235 cm³/mol. The molecule has 2 bridgehead atoms. The molecule has 0 amide bonds. The van der Waals surface area contributed by atoms with Crippen LogP contribution in [0.15, 0.2) is 77.0 Å². The van der Waals surface area contributed by atoms with Crippen LogP contribution in [0.4, 0.5) is 20.2 Å². The minimum Gasteiger partial charge on any atom is -0.455 e. The van der Waals surface area contributed by atoms with Crippen molar-refractivity contribution in [2.75, 3.05) is 43.4 Å². The molecule has 5 aliphatic carbocycles. The molecule has 1 saturated heterocycles. The summed E-state index contributed by atoms with van der Waals surface area (Å²) in [7, 11) is -4.28. The van der Waals surface area contributed by atoms with Crippen LogP contribution in [-0.4, -0.2) is 78.9 Å². The van der Waals surface area contributed by atoms with Gasteiger partial charge in [-0.3, -0.25) is 19.8 Å². The normalized spacial score (nSPS) is 24.2. The third kappa shape index (κ3) is 8.41. The predicted octanol–water partition coefficient (Wildman–Crippen LogP) is 10.5. The van der Waals surface area contributed by atoms with Gasteiger partial charge in [-0.15, -0.1) is 0 Å². The van der Waals surface area contributed by atoms with Gasteiger partial charge in [-0.25, -0.2) is 22.2 Å². The number of ether oxygens (including phenoxy) is 1. The number of ketones is 1. The first kappa shape index (κ1) is 42.6. The molecule has 1 N–H and O–H groups in total. The summed E-state index contributed by atoms with van der Waals surface area (Å²) < 4.78 is 61.6. The summed E-state index contributed by atoms with van der Waals surface area (Å²) >= 11 is 0. The second kappa shape index (κ2) is 16.5. The van der Waals surface area contributed by atoms with Crippen LogP contribution in [0.3, 0.4) is 0 Å². The number of nitro groups is 1. The lowest BCUT2D eigenvalue weighted by Crippen LogP contribution is -2.66. The zero-order valence-electron chi connectivity index (χ0n) is 35.8. The zero-order valence-corrected chi connectivity index (χ0v) is 36.6. The average Bonchev–Trinajstić information content (AvgIpc) is 3.68. The molecule has 2 aromatic heterocycles. The fraction of sp³-hybridized carbons (Fsp3) is 0.542. The van der Waals surface area contributed by atoms with Gasteiger partial charge in [0.05, 0.1) is 21.6 Å². The Morgan fingerprint density at radius 1 is 1.02 bits per heavy atom. The maximum Gasteiger partial charge on any atom is 0.273 e.